The van der Waals surface area contributed by atoms with Gasteiger partial charge in [0.2, 0.25) is 0 Å². The van der Waals surface area contributed by atoms with E-state index in [0.29, 0.717) is 0 Å². The summed E-state index contributed by atoms with van der Waals surface area (Å²) in [4.78, 5) is 4.88. The van der Waals surface area contributed by atoms with Crippen molar-refractivity contribution in [1.29, 1.82) is 0 Å². The van der Waals surface area contributed by atoms with E-state index in [1.165, 1.54) is 33.6 Å². The molecule has 0 bridgehead atoms. The van der Waals surface area contributed by atoms with Crippen LogP contribution in [0.2, 0.25) is 0 Å². The van der Waals surface area contributed by atoms with Crippen LogP contribution >= 0.6 is 0 Å². The Morgan fingerprint density at radius 1 is 0.486 bits per heavy atom. The van der Waals surface area contributed by atoms with Crippen LogP contribution in [-0.4, -0.2) is 49.4 Å². The Labute approximate surface area is 223 Å². The van der Waals surface area contributed by atoms with Crippen molar-refractivity contribution in [2.24, 2.45) is 0 Å². The van der Waals surface area contributed by atoms with Gasteiger partial charge in [0.15, 0.2) is 0 Å². The normalized spacial score (nSPS) is 10.9. The molecule has 0 aliphatic heterocycles. The standard InChI is InChI=1S/2C16H18N.Bi/c2*1-3-17(4-2)16-12-8-11-15(13-16)14-9-6-5-7-10-14;/h2*5-10,12-13H,3-4H2,1-2H3;. The van der Waals surface area contributed by atoms with Crippen molar-refractivity contribution in [1.82, 2.24) is 0 Å². The average Bonchev–Trinajstić information content (AvgIpc) is 2.92. The summed E-state index contributed by atoms with van der Waals surface area (Å²) in [5.74, 6) is 0. The molecule has 4 aromatic carbocycles. The SMILES string of the molecule is CCN(CC)c1cc[c]([Bi][c]2ccc(N(CC)CC)cc2-c2ccccc2)c(-c2ccccc2)c1. The Morgan fingerprint density at radius 2 is 0.857 bits per heavy atom. The number of nitrogens with zero attached hydrogens (tertiary/aromatic N) is 2. The number of anilines is 2. The van der Waals surface area contributed by atoms with Gasteiger partial charge < -0.3 is 0 Å². The predicted molar refractivity (Wildman–Crippen MR) is 156 cm³/mol. The zero-order valence-corrected chi connectivity index (χ0v) is 24.9. The molecule has 0 heterocycles. The molecule has 3 heteroatoms. The van der Waals surface area contributed by atoms with Gasteiger partial charge in [-0.25, -0.2) is 0 Å². The first-order valence-corrected chi connectivity index (χ1v) is 16.3. The summed E-state index contributed by atoms with van der Waals surface area (Å²) in [6.07, 6.45) is 0. The van der Waals surface area contributed by atoms with Gasteiger partial charge >= 0.3 is 224 Å². The van der Waals surface area contributed by atoms with E-state index in [4.69, 9.17) is 0 Å². The van der Waals surface area contributed by atoms with Gasteiger partial charge in [-0.2, -0.15) is 0 Å². The third-order valence-electron chi connectivity index (χ3n) is 6.63. The summed E-state index contributed by atoms with van der Waals surface area (Å²) < 4.78 is 3.08. The van der Waals surface area contributed by atoms with E-state index in [1.54, 1.807) is 6.54 Å². The van der Waals surface area contributed by atoms with Crippen LogP contribution in [-0.2, 0) is 0 Å². The molecule has 1 radical (unpaired) electrons. The van der Waals surface area contributed by atoms with Gasteiger partial charge in [0.1, 0.15) is 0 Å². The topological polar surface area (TPSA) is 6.48 Å². The van der Waals surface area contributed by atoms with Crippen molar-refractivity contribution in [2.75, 3.05) is 36.0 Å². The molecule has 4 aromatic rings. The van der Waals surface area contributed by atoms with Crippen LogP contribution in [0.3, 0.4) is 0 Å². The first-order chi connectivity index (χ1) is 17.2. The molecule has 4 rings (SSSR count). The first kappa shape index (κ1) is 25.5. The minimum atomic E-state index is -1.21. The van der Waals surface area contributed by atoms with E-state index in [2.05, 4.69) is 135 Å². The number of hydrogen-bond donors (Lipinski definition) is 0. The van der Waals surface area contributed by atoms with Crippen molar-refractivity contribution in [2.45, 2.75) is 27.7 Å². The van der Waals surface area contributed by atoms with Gasteiger partial charge in [0, 0.05) is 0 Å². The fourth-order valence-electron chi connectivity index (χ4n) is 4.64. The summed E-state index contributed by atoms with van der Waals surface area (Å²) in [5.41, 5.74) is 8.08. The molecule has 2 nitrogen and oxygen atoms in total. The molecule has 0 aliphatic carbocycles. The van der Waals surface area contributed by atoms with Crippen LogP contribution in [0, 0.1) is 0 Å². The molecule has 0 spiro atoms. The predicted octanol–water partition coefficient (Wildman–Crippen LogP) is 6.37. The van der Waals surface area contributed by atoms with Crippen LogP contribution in [0.4, 0.5) is 11.4 Å². The minimum absolute atomic E-state index is 1.02. The van der Waals surface area contributed by atoms with Crippen LogP contribution in [0.15, 0.2) is 97.1 Å². The Kier molecular flexibility index (Phi) is 8.99. The van der Waals surface area contributed by atoms with Gasteiger partial charge in [-0.15, -0.1) is 0 Å². The maximum atomic E-state index is 2.44. The Balaban J connectivity index is 1.82. The van der Waals surface area contributed by atoms with Gasteiger partial charge in [0.05, 0.1) is 0 Å². The van der Waals surface area contributed by atoms with Crippen LogP contribution in [0.5, 0.6) is 0 Å². The van der Waals surface area contributed by atoms with Crippen molar-refractivity contribution in [3.8, 4) is 22.3 Å². The van der Waals surface area contributed by atoms with E-state index in [-0.39, 0.29) is 0 Å². The van der Waals surface area contributed by atoms with E-state index in [1.807, 2.05) is 0 Å². The molecule has 0 atom stereocenters. The molecule has 0 N–H and O–H groups in total. The molecule has 35 heavy (non-hydrogen) atoms. The zero-order valence-electron chi connectivity index (χ0n) is 21.4. The molecule has 0 amide bonds. The van der Waals surface area contributed by atoms with E-state index in [0.717, 1.165) is 26.2 Å². The van der Waals surface area contributed by atoms with Crippen molar-refractivity contribution < 1.29 is 0 Å². The summed E-state index contributed by atoms with van der Waals surface area (Å²) in [6.45, 7) is 13.0. The molecule has 179 valence electrons. The van der Waals surface area contributed by atoms with Crippen LogP contribution in [0.1, 0.15) is 27.7 Å². The quantitative estimate of drug-likeness (QED) is 0.183. The van der Waals surface area contributed by atoms with E-state index in [9.17, 15) is 0 Å². The number of rotatable bonds is 10. The number of benzene rings is 4. The molecule has 0 saturated carbocycles. The summed E-state index contributed by atoms with van der Waals surface area (Å²) >= 11 is -1.21. The maximum absolute atomic E-state index is 2.44. The fourth-order valence-corrected chi connectivity index (χ4v) is 9.25. The van der Waals surface area contributed by atoms with Crippen LogP contribution < -0.4 is 16.3 Å². The first-order valence-electron chi connectivity index (χ1n) is 12.8. The van der Waals surface area contributed by atoms with Crippen LogP contribution in [0.25, 0.3) is 22.3 Å². The second kappa shape index (κ2) is 12.4. The van der Waals surface area contributed by atoms with Crippen molar-refractivity contribution in [3.63, 3.8) is 0 Å². The molecular weight excluding hydrogens is 621 g/mol. The van der Waals surface area contributed by atoms with Crippen molar-refractivity contribution in [3.05, 3.63) is 97.1 Å². The third kappa shape index (κ3) is 5.96. The van der Waals surface area contributed by atoms with E-state index >= 15 is 0 Å². The molecule has 0 unspecified atom stereocenters. The Hall–Kier alpha value is -2.64. The molecule has 0 fully saturated rings. The van der Waals surface area contributed by atoms with Gasteiger partial charge in [-0.05, 0) is 0 Å². The van der Waals surface area contributed by atoms with Gasteiger partial charge in [0.25, 0.3) is 0 Å². The Bertz CT molecular complexity index is 1120. The summed E-state index contributed by atoms with van der Waals surface area (Å²) in [5, 5.41) is 0. The third-order valence-corrected chi connectivity index (χ3v) is 11.5. The monoisotopic (exact) mass is 657 g/mol. The molecule has 0 saturated heterocycles. The zero-order chi connectivity index (χ0) is 24.6. The average molecular weight is 658 g/mol. The van der Waals surface area contributed by atoms with Gasteiger partial charge in [-0.1, -0.05) is 0 Å². The molecular formula is C32H36BiN2. The summed E-state index contributed by atoms with van der Waals surface area (Å²) in [7, 11) is 0. The molecule has 0 aliphatic rings. The Morgan fingerprint density at radius 3 is 1.20 bits per heavy atom. The second-order valence-electron chi connectivity index (χ2n) is 8.59. The number of hydrogen-bond acceptors (Lipinski definition) is 2. The fraction of sp³-hybridized carbons (Fsp3) is 0.250. The van der Waals surface area contributed by atoms with Gasteiger partial charge in [-0.3, -0.25) is 0 Å². The van der Waals surface area contributed by atoms with E-state index < -0.39 is 23.2 Å². The molecule has 0 aromatic heterocycles. The second-order valence-corrected chi connectivity index (χ2v) is 13.2. The van der Waals surface area contributed by atoms with Crippen molar-refractivity contribution >= 4 is 41.2 Å². The summed E-state index contributed by atoms with van der Waals surface area (Å²) in [6, 6.07) is 36.2.